The summed E-state index contributed by atoms with van der Waals surface area (Å²) in [6.45, 7) is 3.17. The van der Waals surface area contributed by atoms with Crippen LogP contribution in [0, 0.1) is 0 Å². The molecule has 0 radical (unpaired) electrons. The number of unbranched alkanes of at least 4 members (excludes halogenated alkanes) is 13. The van der Waals surface area contributed by atoms with Crippen LogP contribution in [-0.4, -0.2) is 23.0 Å². The average molecular weight is 420 g/mol. The summed E-state index contributed by atoms with van der Waals surface area (Å²) in [4.78, 5) is 0. The van der Waals surface area contributed by atoms with Gasteiger partial charge in [0.2, 0.25) is 0 Å². The third kappa shape index (κ3) is 15.9. The minimum absolute atomic E-state index is 0.250. The Morgan fingerprint density at radius 2 is 1.31 bits per heavy atom. The highest BCUT2D eigenvalue weighted by atomic mass is 32.1. The fourth-order valence-corrected chi connectivity index (χ4v) is 3.44. The minimum atomic E-state index is 0.250. The van der Waals surface area contributed by atoms with Crippen molar-refractivity contribution in [2.24, 2.45) is 5.10 Å². The predicted molar refractivity (Wildman–Crippen MR) is 130 cm³/mol. The smallest absolute Gasteiger partial charge is 0.186 e. The van der Waals surface area contributed by atoms with E-state index in [4.69, 9.17) is 12.2 Å². The first-order valence-electron chi connectivity index (χ1n) is 11.6. The highest BCUT2D eigenvalue weighted by molar-refractivity contribution is 7.80. The molecule has 4 nitrogen and oxygen atoms in total. The van der Waals surface area contributed by atoms with Gasteiger partial charge in [0.1, 0.15) is 5.75 Å². The number of benzene rings is 1. The number of phenols is 1. The monoisotopic (exact) mass is 419 g/mol. The van der Waals surface area contributed by atoms with E-state index in [1.807, 2.05) is 0 Å². The molecule has 0 bridgehead atoms. The van der Waals surface area contributed by atoms with Gasteiger partial charge in [-0.25, -0.2) is 0 Å². The number of rotatable bonds is 17. The number of hydrogen-bond donors (Lipinski definition) is 3. The molecule has 0 aromatic heterocycles. The molecule has 0 spiro atoms. The molecule has 0 fully saturated rings. The molecule has 0 amide bonds. The first-order chi connectivity index (χ1) is 14.2. The van der Waals surface area contributed by atoms with E-state index in [1.165, 1.54) is 83.5 Å². The Balaban J connectivity index is 1.83. The number of aromatic hydroxyl groups is 1. The molecular formula is C24H41N3OS. The number of thiocarbonyl (C=S) groups is 1. The van der Waals surface area contributed by atoms with Crippen LogP contribution >= 0.6 is 12.2 Å². The van der Waals surface area contributed by atoms with Gasteiger partial charge in [-0.2, -0.15) is 5.10 Å². The molecule has 0 heterocycles. The molecule has 1 aromatic rings. The summed E-state index contributed by atoms with van der Waals surface area (Å²) >= 11 is 5.21. The zero-order valence-electron chi connectivity index (χ0n) is 18.3. The first kappa shape index (κ1) is 25.4. The van der Waals surface area contributed by atoms with Crippen LogP contribution in [-0.2, 0) is 0 Å². The fourth-order valence-electron chi connectivity index (χ4n) is 3.29. The summed E-state index contributed by atoms with van der Waals surface area (Å²) in [5.74, 6) is 0.250. The average Bonchev–Trinajstić information content (AvgIpc) is 2.72. The van der Waals surface area contributed by atoms with Crippen molar-refractivity contribution < 1.29 is 5.11 Å². The lowest BCUT2D eigenvalue weighted by Gasteiger charge is -2.07. The minimum Gasteiger partial charge on any atom is -0.508 e. The van der Waals surface area contributed by atoms with E-state index in [2.05, 4.69) is 22.8 Å². The van der Waals surface area contributed by atoms with E-state index < -0.39 is 0 Å². The van der Waals surface area contributed by atoms with Crippen LogP contribution in [0.25, 0.3) is 0 Å². The molecule has 1 aromatic carbocycles. The van der Waals surface area contributed by atoms with E-state index in [-0.39, 0.29) is 5.75 Å². The Hall–Kier alpha value is -1.62. The lowest BCUT2D eigenvalue weighted by molar-refractivity contribution is 0.475. The van der Waals surface area contributed by atoms with Crippen molar-refractivity contribution in [3.05, 3.63) is 29.8 Å². The van der Waals surface area contributed by atoms with Crippen molar-refractivity contribution in [2.45, 2.75) is 96.8 Å². The van der Waals surface area contributed by atoms with E-state index in [1.54, 1.807) is 30.5 Å². The second-order valence-electron chi connectivity index (χ2n) is 7.81. The van der Waals surface area contributed by atoms with Crippen LogP contribution in [0.2, 0.25) is 0 Å². The molecule has 0 aliphatic rings. The Morgan fingerprint density at radius 1 is 0.828 bits per heavy atom. The maximum atomic E-state index is 9.24. The Bertz CT molecular complexity index is 546. The van der Waals surface area contributed by atoms with Gasteiger partial charge in [-0.15, -0.1) is 0 Å². The third-order valence-electron chi connectivity index (χ3n) is 5.09. The zero-order valence-corrected chi connectivity index (χ0v) is 19.1. The van der Waals surface area contributed by atoms with Gasteiger partial charge >= 0.3 is 0 Å². The number of nitrogens with zero attached hydrogens (tertiary/aromatic N) is 1. The summed E-state index contributed by atoms with van der Waals surface area (Å²) in [5.41, 5.74) is 3.73. The third-order valence-corrected chi connectivity index (χ3v) is 5.32. The van der Waals surface area contributed by atoms with Crippen molar-refractivity contribution in [1.29, 1.82) is 0 Å². The number of hydrogen-bond acceptors (Lipinski definition) is 3. The molecule has 0 aliphatic heterocycles. The molecule has 1 rings (SSSR count). The van der Waals surface area contributed by atoms with E-state index in [0.29, 0.717) is 5.11 Å². The van der Waals surface area contributed by atoms with E-state index >= 15 is 0 Å². The molecule has 164 valence electrons. The Labute approximate surface area is 183 Å². The van der Waals surface area contributed by atoms with Crippen LogP contribution in [0.3, 0.4) is 0 Å². The second kappa shape index (κ2) is 18.4. The number of nitrogens with one attached hydrogen (secondary N) is 2. The summed E-state index contributed by atoms with van der Waals surface area (Å²) < 4.78 is 0. The second-order valence-corrected chi connectivity index (χ2v) is 8.22. The highest BCUT2D eigenvalue weighted by Gasteiger charge is 1.96. The Morgan fingerprint density at radius 3 is 1.83 bits per heavy atom. The molecular weight excluding hydrogens is 378 g/mol. The molecule has 0 aliphatic carbocycles. The lowest BCUT2D eigenvalue weighted by atomic mass is 10.0. The number of phenolic OH excluding ortho intramolecular Hbond substituents is 1. The van der Waals surface area contributed by atoms with Crippen LogP contribution < -0.4 is 10.7 Å². The first-order valence-corrected chi connectivity index (χ1v) is 12.0. The van der Waals surface area contributed by atoms with Crippen LogP contribution in [0.1, 0.15) is 102 Å². The van der Waals surface area contributed by atoms with Crippen molar-refractivity contribution in [1.82, 2.24) is 10.7 Å². The summed E-state index contributed by atoms with van der Waals surface area (Å²) in [7, 11) is 0. The maximum absolute atomic E-state index is 9.24. The summed E-state index contributed by atoms with van der Waals surface area (Å²) in [5, 5.41) is 17.1. The normalized spacial score (nSPS) is 11.1. The maximum Gasteiger partial charge on any atom is 0.186 e. The zero-order chi connectivity index (χ0) is 21.0. The molecule has 0 saturated heterocycles. The Kier molecular flexibility index (Phi) is 16.1. The molecule has 5 heteroatoms. The molecule has 0 atom stereocenters. The van der Waals surface area contributed by atoms with Gasteiger partial charge in [0.15, 0.2) is 5.11 Å². The van der Waals surface area contributed by atoms with Gasteiger partial charge < -0.3 is 10.4 Å². The van der Waals surface area contributed by atoms with Gasteiger partial charge in [-0.3, -0.25) is 5.43 Å². The molecule has 29 heavy (non-hydrogen) atoms. The fraction of sp³-hybridized carbons (Fsp3) is 0.667. The van der Waals surface area contributed by atoms with Gasteiger partial charge in [-0.05, 0) is 48.5 Å². The van der Waals surface area contributed by atoms with Crippen LogP contribution in [0.5, 0.6) is 5.75 Å². The van der Waals surface area contributed by atoms with Crippen LogP contribution in [0.15, 0.2) is 29.4 Å². The summed E-state index contributed by atoms with van der Waals surface area (Å²) in [6.07, 6.45) is 20.9. The largest absolute Gasteiger partial charge is 0.508 e. The standard InChI is InChI=1S/C24H41N3OS/c1-2-3-4-5-6-7-8-9-10-11-12-13-14-15-20-25-24(29)27-26-21-22-16-18-23(28)19-17-22/h16-19,21,28H,2-15,20H2,1H3,(H2,25,27,29). The van der Waals surface area contributed by atoms with E-state index in [0.717, 1.165) is 18.5 Å². The predicted octanol–water partition coefficient (Wildman–Crippen LogP) is 6.67. The quantitative estimate of drug-likeness (QED) is 0.114. The van der Waals surface area contributed by atoms with Crippen molar-refractivity contribution in [3.8, 4) is 5.75 Å². The van der Waals surface area contributed by atoms with Gasteiger partial charge in [-0.1, -0.05) is 90.4 Å². The van der Waals surface area contributed by atoms with Gasteiger partial charge in [0.05, 0.1) is 6.21 Å². The van der Waals surface area contributed by atoms with Crippen molar-refractivity contribution >= 4 is 23.5 Å². The van der Waals surface area contributed by atoms with Gasteiger partial charge in [0, 0.05) is 6.54 Å². The highest BCUT2D eigenvalue weighted by Crippen LogP contribution is 2.12. The molecule has 0 saturated carbocycles. The lowest BCUT2D eigenvalue weighted by Crippen LogP contribution is -2.32. The molecule has 3 N–H and O–H groups in total. The number of hydrazone groups is 1. The van der Waals surface area contributed by atoms with Crippen LogP contribution in [0.4, 0.5) is 0 Å². The van der Waals surface area contributed by atoms with Crippen molar-refractivity contribution in [3.63, 3.8) is 0 Å². The van der Waals surface area contributed by atoms with E-state index in [9.17, 15) is 5.11 Å². The van der Waals surface area contributed by atoms with Crippen molar-refractivity contribution in [2.75, 3.05) is 6.54 Å². The summed E-state index contributed by atoms with van der Waals surface area (Å²) in [6, 6.07) is 6.86. The molecule has 0 unspecified atom stereocenters. The van der Waals surface area contributed by atoms with Gasteiger partial charge in [0.25, 0.3) is 0 Å². The SMILES string of the molecule is CCCCCCCCCCCCCCCCNC(=S)NN=Cc1ccc(O)cc1. The topological polar surface area (TPSA) is 56.7 Å².